The molecule has 0 saturated heterocycles. The van der Waals surface area contributed by atoms with Gasteiger partial charge in [0.15, 0.2) is 11.6 Å². The largest absolute Gasteiger partial charge is 0.366 e. The van der Waals surface area contributed by atoms with Gasteiger partial charge in [0.1, 0.15) is 0 Å². The SMILES string of the molecule is CN1c2ccc(C(N)=O)cc2Nc2nccnc21. The number of benzene rings is 1. The molecule has 1 aliphatic rings. The minimum atomic E-state index is -0.452. The Bertz CT molecular complexity index is 640. The van der Waals surface area contributed by atoms with Gasteiger partial charge in [-0.1, -0.05) is 0 Å². The molecule has 0 fully saturated rings. The number of nitrogens with one attached hydrogen (secondary N) is 1. The molecule has 0 radical (unpaired) electrons. The van der Waals surface area contributed by atoms with Gasteiger partial charge in [-0.2, -0.15) is 0 Å². The summed E-state index contributed by atoms with van der Waals surface area (Å²) in [6, 6.07) is 5.24. The summed E-state index contributed by atoms with van der Waals surface area (Å²) in [7, 11) is 1.90. The van der Waals surface area contributed by atoms with Gasteiger partial charge >= 0.3 is 0 Å². The van der Waals surface area contributed by atoms with Gasteiger partial charge < -0.3 is 16.0 Å². The second-order valence-electron chi connectivity index (χ2n) is 4.01. The smallest absolute Gasteiger partial charge is 0.248 e. The highest BCUT2D eigenvalue weighted by Gasteiger charge is 2.22. The summed E-state index contributed by atoms with van der Waals surface area (Å²) in [6.07, 6.45) is 3.25. The van der Waals surface area contributed by atoms with E-state index in [0.717, 1.165) is 17.2 Å². The van der Waals surface area contributed by atoms with Crippen molar-refractivity contribution in [3.63, 3.8) is 0 Å². The molecule has 2 heterocycles. The summed E-state index contributed by atoms with van der Waals surface area (Å²) in [5, 5.41) is 3.14. The molecular weight excluding hydrogens is 230 g/mol. The number of carbonyl (C=O) groups excluding carboxylic acids is 1. The number of primary amides is 1. The summed E-state index contributed by atoms with van der Waals surface area (Å²) < 4.78 is 0. The molecular formula is C12H11N5O. The lowest BCUT2D eigenvalue weighted by molar-refractivity contribution is 0.100. The standard InChI is InChI=1S/C12H11N5O/c1-17-9-3-2-7(10(13)18)6-8(9)16-11-12(17)15-5-4-14-11/h2-6H,1H3,(H2,13,18)(H,14,16). The van der Waals surface area contributed by atoms with Crippen LogP contribution >= 0.6 is 0 Å². The van der Waals surface area contributed by atoms with Crippen LogP contribution in [0, 0.1) is 0 Å². The second-order valence-corrected chi connectivity index (χ2v) is 4.01. The van der Waals surface area contributed by atoms with Crippen molar-refractivity contribution in [2.24, 2.45) is 5.73 Å². The third kappa shape index (κ3) is 1.46. The molecule has 1 amide bonds. The van der Waals surface area contributed by atoms with Crippen molar-refractivity contribution in [1.82, 2.24) is 9.97 Å². The normalized spacial score (nSPS) is 12.4. The molecule has 0 saturated carbocycles. The van der Waals surface area contributed by atoms with Gasteiger partial charge in [-0.05, 0) is 18.2 Å². The average Bonchev–Trinajstić information content (AvgIpc) is 2.38. The van der Waals surface area contributed by atoms with Crippen molar-refractivity contribution in [3.8, 4) is 0 Å². The molecule has 18 heavy (non-hydrogen) atoms. The van der Waals surface area contributed by atoms with Gasteiger partial charge in [-0.15, -0.1) is 0 Å². The molecule has 0 aliphatic carbocycles. The predicted molar refractivity (Wildman–Crippen MR) is 68.3 cm³/mol. The van der Waals surface area contributed by atoms with Crippen LogP contribution in [0.4, 0.5) is 23.0 Å². The lowest BCUT2D eigenvalue weighted by Gasteiger charge is -2.28. The Morgan fingerprint density at radius 1 is 1.33 bits per heavy atom. The monoisotopic (exact) mass is 241 g/mol. The number of carbonyl (C=O) groups is 1. The summed E-state index contributed by atoms with van der Waals surface area (Å²) in [6.45, 7) is 0. The number of fused-ring (bicyclic) bond motifs is 2. The molecule has 0 atom stereocenters. The zero-order valence-corrected chi connectivity index (χ0v) is 9.71. The van der Waals surface area contributed by atoms with E-state index in [1.807, 2.05) is 18.0 Å². The van der Waals surface area contributed by atoms with E-state index in [-0.39, 0.29) is 0 Å². The minimum absolute atomic E-state index is 0.452. The van der Waals surface area contributed by atoms with Crippen molar-refractivity contribution >= 4 is 28.9 Å². The number of hydrogen-bond donors (Lipinski definition) is 2. The molecule has 1 aliphatic heterocycles. The first-order valence-electron chi connectivity index (χ1n) is 5.42. The summed E-state index contributed by atoms with van der Waals surface area (Å²) >= 11 is 0. The Labute approximate surface area is 103 Å². The molecule has 6 heteroatoms. The Morgan fingerprint density at radius 2 is 2.11 bits per heavy atom. The summed E-state index contributed by atoms with van der Waals surface area (Å²) in [5.41, 5.74) is 7.45. The Morgan fingerprint density at radius 3 is 2.89 bits per heavy atom. The van der Waals surface area contributed by atoms with E-state index in [0.29, 0.717) is 11.4 Å². The number of amides is 1. The van der Waals surface area contributed by atoms with Gasteiger partial charge in [0.25, 0.3) is 0 Å². The third-order valence-corrected chi connectivity index (χ3v) is 2.89. The maximum Gasteiger partial charge on any atom is 0.248 e. The molecule has 3 N–H and O–H groups in total. The number of hydrogen-bond acceptors (Lipinski definition) is 5. The van der Waals surface area contributed by atoms with Crippen molar-refractivity contribution in [3.05, 3.63) is 36.2 Å². The predicted octanol–water partition coefficient (Wildman–Crippen LogP) is 1.40. The van der Waals surface area contributed by atoms with E-state index in [4.69, 9.17) is 5.73 Å². The van der Waals surface area contributed by atoms with E-state index < -0.39 is 5.91 Å². The molecule has 90 valence electrons. The van der Waals surface area contributed by atoms with Gasteiger partial charge in [-0.3, -0.25) is 4.79 Å². The highest BCUT2D eigenvalue weighted by atomic mass is 16.1. The third-order valence-electron chi connectivity index (χ3n) is 2.89. The van der Waals surface area contributed by atoms with Crippen LogP contribution in [0.3, 0.4) is 0 Å². The van der Waals surface area contributed by atoms with Crippen molar-refractivity contribution < 1.29 is 4.79 Å². The van der Waals surface area contributed by atoms with Crippen molar-refractivity contribution in [2.45, 2.75) is 0 Å². The number of anilines is 4. The highest BCUT2D eigenvalue weighted by Crippen LogP contribution is 2.40. The lowest BCUT2D eigenvalue weighted by Crippen LogP contribution is -2.20. The van der Waals surface area contributed by atoms with Crippen LogP contribution in [0.2, 0.25) is 0 Å². The van der Waals surface area contributed by atoms with Crippen LogP contribution in [-0.4, -0.2) is 22.9 Å². The van der Waals surface area contributed by atoms with Gasteiger partial charge in [0, 0.05) is 25.0 Å². The van der Waals surface area contributed by atoms with Crippen LogP contribution in [0.15, 0.2) is 30.6 Å². The van der Waals surface area contributed by atoms with E-state index >= 15 is 0 Å². The van der Waals surface area contributed by atoms with Crippen LogP contribution < -0.4 is 16.0 Å². The molecule has 1 aromatic heterocycles. The zero-order chi connectivity index (χ0) is 12.7. The van der Waals surface area contributed by atoms with Crippen LogP contribution in [-0.2, 0) is 0 Å². The maximum atomic E-state index is 11.2. The highest BCUT2D eigenvalue weighted by molar-refractivity contribution is 5.97. The van der Waals surface area contributed by atoms with Crippen LogP contribution in [0.25, 0.3) is 0 Å². The molecule has 6 nitrogen and oxygen atoms in total. The molecule has 2 aromatic rings. The quantitative estimate of drug-likeness (QED) is 0.788. The van der Waals surface area contributed by atoms with Crippen LogP contribution in [0.1, 0.15) is 10.4 Å². The van der Waals surface area contributed by atoms with E-state index in [9.17, 15) is 4.79 Å². The fourth-order valence-corrected chi connectivity index (χ4v) is 1.99. The maximum absolute atomic E-state index is 11.2. The van der Waals surface area contributed by atoms with Crippen molar-refractivity contribution in [1.29, 1.82) is 0 Å². The van der Waals surface area contributed by atoms with Crippen LogP contribution in [0.5, 0.6) is 0 Å². The zero-order valence-electron chi connectivity index (χ0n) is 9.71. The first-order valence-corrected chi connectivity index (χ1v) is 5.42. The van der Waals surface area contributed by atoms with Gasteiger partial charge in [0.05, 0.1) is 11.4 Å². The molecule has 1 aromatic carbocycles. The van der Waals surface area contributed by atoms with Gasteiger partial charge in [0.2, 0.25) is 5.91 Å². The number of nitrogens with two attached hydrogens (primary N) is 1. The molecule has 3 rings (SSSR count). The summed E-state index contributed by atoms with van der Waals surface area (Å²) in [4.78, 5) is 21.6. The Hall–Kier alpha value is -2.63. The second kappa shape index (κ2) is 3.69. The first-order chi connectivity index (χ1) is 8.66. The summed E-state index contributed by atoms with van der Waals surface area (Å²) in [5.74, 6) is 0.957. The van der Waals surface area contributed by atoms with E-state index in [1.54, 1.807) is 24.5 Å². The average molecular weight is 241 g/mol. The number of aromatic nitrogens is 2. The fraction of sp³-hybridized carbons (Fsp3) is 0.0833. The topological polar surface area (TPSA) is 84.1 Å². The number of rotatable bonds is 1. The molecule has 0 bridgehead atoms. The Kier molecular flexibility index (Phi) is 2.16. The lowest BCUT2D eigenvalue weighted by atomic mass is 10.1. The molecule has 0 unspecified atom stereocenters. The van der Waals surface area contributed by atoms with Gasteiger partial charge in [-0.25, -0.2) is 9.97 Å². The minimum Gasteiger partial charge on any atom is -0.366 e. The molecule has 0 spiro atoms. The number of nitrogens with zero attached hydrogens (tertiary/aromatic N) is 3. The van der Waals surface area contributed by atoms with Crippen molar-refractivity contribution in [2.75, 3.05) is 17.3 Å². The van der Waals surface area contributed by atoms with E-state index in [1.165, 1.54) is 0 Å². The van der Waals surface area contributed by atoms with E-state index in [2.05, 4.69) is 15.3 Å². The fourth-order valence-electron chi connectivity index (χ4n) is 1.99. The Balaban J connectivity index is 2.13. The first kappa shape index (κ1) is 10.5.